The third-order valence-corrected chi connectivity index (χ3v) is 5.98. The summed E-state index contributed by atoms with van der Waals surface area (Å²) in [5.41, 5.74) is 2.97. The summed E-state index contributed by atoms with van der Waals surface area (Å²) in [7, 11) is 0. The Labute approximate surface area is 219 Å². The van der Waals surface area contributed by atoms with Crippen LogP contribution in [0.4, 0.5) is 26.3 Å². The van der Waals surface area contributed by atoms with Crippen LogP contribution in [0.2, 0.25) is 0 Å². The largest absolute Gasteiger partial charge is 0.490 e. The van der Waals surface area contributed by atoms with Crippen LogP contribution < -0.4 is 0 Å². The van der Waals surface area contributed by atoms with Crippen LogP contribution in [0.25, 0.3) is 0 Å². The van der Waals surface area contributed by atoms with E-state index in [4.69, 9.17) is 19.8 Å². The van der Waals surface area contributed by atoms with Gasteiger partial charge in [0.25, 0.3) is 5.91 Å². The van der Waals surface area contributed by atoms with E-state index in [-0.39, 0.29) is 5.91 Å². The van der Waals surface area contributed by atoms with E-state index >= 15 is 0 Å². The fraction of sp³-hybridized carbons (Fsp3) is 0.458. The third kappa shape index (κ3) is 9.50. The number of amides is 1. The Hall–Kier alpha value is -3.75. The standard InChI is InChI=1S/C20H24N4O.2C2HF3O2/c1-2-18-6-5-16(11-22-18)20(25)24-13-17-7-9-23(19(17)14-24)12-15-4-3-8-21-10-15;2*3-2(4,5)1(6)7/h3-6,8,10-11,17,19H,2,7,9,12-14H2,1H3;2*(H,6,7)/t17-,19+;;/m0../s1. The highest BCUT2D eigenvalue weighted by Crippen LogP contribution is 2.33. The number of fused-ring (bicyclic) bond motifs is 1. The number of aryl methyl sites for hydroxylation is 1. The summed E-state index contributed by atoms with van der Waals surface area (Å²) in [5.74, 6) is -4.81. The third-order valence-electron chi connectivity index (χ3n) is 5.98. The van der Waals surface area contributed by atoms with Crippen LogP contribution in [0.3, 0.4) is 0 Å². The van der Waals surface area contributed by atoms with Gasteiger partial charge in [-0.3, -0.25) is 19.7 Å². The number of pyridine rings is 2. The fourth-order valence-electron chi connectivity index (χ4n) is 4.08. The molecule has 2 aromatic rings. The van der Waals surface area contributed by atoms with Crippen molar-refractivity contribution in [1.82, 2.24) is 19.8 Å². The first-order valence-corrected chi connectivity index (χ1v) is 11.6. The fourth-order valence-corrected chi connectivity index (χ4v) is 4.08. The summed E-state index contributed by atoms with van der Waals surface area (Å²) < 4.78 is 63.5. The maximum Gasteiger partial charge on any atom is 0.490 e. The number of aliphatic carboxylic acids is 2. The van der Waals surface area contributed by atoms with Gasteiger partial charge in [-0.25, -0.2) is 9.59 Å². The van der Waals surface area contributed by atoms with Crippen molar-refractivity contribution in [1.29, 1.82) is 0 Å². The Morgan fingerprint density at radius 2 is 1.59 bits per heavy atom. The predicted octanol–water partition coefficient (Wildman–Crippen LogP) is 3.65. The van der Waals surface area contributed by atoms with E-state index in [1.54, 1.807) is 6.20 Å². The van der Waals surface area contributed by atoms with Gasteiger partial charge in [0.15, 0.2) is 0 Å². The molecule has 9 nitrogen and oxygen atoms in total. The molecule has 2 saturated heterocycles. The zero-order chi connectivity index (χ0) is 29.4. The molecule has 0 bridgehead atoms. The number of nitrogens with zero attached hydrogens (tertiary/aromatic N) is 4. The molecule has 2 fully saturated rings. The van der Waals surface area contributed by atoms with Crippen LogP contribution in [0.1, 0.15) is 35.0 Å². The molecule has 1 amide bonds. The van der Waals surface area contributed by atoms with Crippen molar-refractivity contribution in [3.05, 3.63) is 59.7 Å². The van der Waals surface area contributed by atoms with Crippen LogP contribution in [0.15, 0.2) is 42.9 Å². The number of alkyl halides is 6. The summed E-state index contributed by atoms with van der Waals surface area (Å²) in [5, 5.41) is 14.2. The van der Waals surface area contributed by atoms with E-state index in [0.29, 0.717) is 17.5 Å². The number of carboxylic acids is 2. The summed E-state index contributed by atoms with van der Waals surface area (Å²) in [6.07, 6.45) is -2.63. The maximum atomic E-state index is 12.8. The number of carbonyl (C=O) groups is 3. The Balaban J connectivity index is 0.000000317. The average Bonchev–Trinajstić information content (AvgIpc) is 3.46. The van der Waals surface area contributed by atoms with Crippen LogP contribution >= 0.6 is 0 Å². The second-order valence-electron chi connectivity index (χ2n) is 8.66. The van der Waals surface area contributed by atoms with Crippen molar-refractivity contribution in [2.75, 3.05) is 19.6 Å². The Kier molecular flexibility index (Phi) is 10.8. The molecule has 0 unspecified atom stereocenters. The van der Waals surface area contributed by atoms with E-state index < -0.39 is 24.3 Å². The van der Waals surface area contributed by atoms with Gasteiger partial charge >= 0.3 is 24.3 Å². The van der Waals surface area contributed by atoms with Crippen molar-refractivity contribution in [2.45, 2.75) is 44.7 Å². The molecular weight excluding hydrogens is 538 g/mol. The topological polar surface area (TPSA) is 124 Å². The summed E-state index contributed by atoms with van der Waals surface area (Å²) in [4.78, 5) is 43.7. The highest BCUT2D eigenvalue weighted by atomic mass is 19.4. The Morgan fingerprint density at radius 3 is 2.05 bits per heavy atom. The van der Waals surface area contributed by atoms with Gasteiger partial charge in [0.2, 0.25) is 0 Å². The normalized spacial score (nSPS) is 18.8. The van der Waals surface area contributed by atoms with Gasteiger partial charge in [-0.2, -0.15) is 26.3 Å². The van der Waals surface area contributed by atoms with Crippen LogP contribution in [0.5, 0.6) is 0 Å². The van der Waals surface area contributed by atoms with Crippen LogP contribution in [-0.4, -0.2) is 85.9 Å². The van der Waals surface area contributed by atoms with Gasteiger partial charge in [0.1, 0.15) is 0 Å². The van der Waals surface area contributed by atoms with Gasteiger partial charge < -0.3 is 15.1 Å². The molecule has 2 aliphatic rings. The number of aromatic nitrogens is 2. The number of rotatable bonds is 4. The van der Waals surface area contributed by atoms with E-state index in [1.807, 2.05) is 35.5 Å². The molecule has 39 heavy (non-hydrogen) atoms. The number of hydrogen-bond acceptors (Lipinski definition) is 6. The number of carbonyl (C=O) groups excluding carboxylic acids is 1. The molecule has 4 rings (SSSR count). The lowest BCUT2D eigenvalue weighted by Gasteiger charge is -2.24. The van der Waals surface area contributed by atoms with Crippen molar-refractivity contribution < 1.29 is 50.9 Å². The molecule has 0 radical (unpaired) electrons. The number of halogens is 6. The minimum atomic E-state index is -5.08. The van der Waals surface area contributed by atoms with Crippen molar-refractivity contribution in [2.24, 2.45) is 5.92 Å². The number of carboxylic acid groups (broad SMARTS) is 2. The van der Waals surface area contributed by atoms with E-state index in [1.165, 1.54) is 12.0 Å². The summed E-state index contributed by atoms with van der Waals surface area (Å²) >= 11 is 0. The molecule has 0 aromatic carbocycles. The van der Waals surface area contributed by atoms with E-state index in [9.17, 15) is 31.1 Å². The molecule has 2 aromatic heterocycles. The van der Waals surface area contributed by atoms with Gasteiger partial charge in [-0.15, -0.1) is 0 Å². The highest BCUT2D eigenvalue weighted by Gasteiger charge is 2.43. The molecule has 214 valence electrons. The van der Waals surface area contributed by atoms with E-state index in [2.05, 4.69) is 27.9 Å². The minimum absolute atomic E-state index is 0.117. The van der Waals surface area contributed by atoms with Crippen LogP contribution in [0, 0.1) is 5.92 Å². The first-order chi connectivity index (χ1) is 18.1. The lowest BCUT2D eigenvalue weighted by atomic mass is 10.1. The second kappa shape index (κ2) is 13.4. The smallest absolute Gasteiger partial charge is 0.475 e. The zero-order valence-corrected chi connectivity index (χ0v) is 20.6. The molecule has 2 aliphatic heterocycles. The summed E-state index contributed by atoms with van der Waals surface area (Å²) in [6, 6.07) is 8.44. The highest BCUT2D eigenvalue weighted by molar-refractivity contribution is 5.94. The summed E-state index contributed by atoms with van der Waals surface area (Å²) in [6.45, 7) is 5.78. The molecular formula is C24H26F6N4O5. The molecule has 0 aliphatic carbocycles. The number of likely N-dealkylation sites (tertiary alicyclic amines) is 2. The van der Waals surface area contributed by atoms with Gasteiger partial charge in [-0.1, -0.05) is 13.0 Å². The monoisotopic (exact) mass is 564 g/mol. The quantitative estimate of drug-likeness (QED) is 0.540. The second-order valence-corrected chi connectivity index (χ2v) is 8.66. The minimum Gasteiger partial charge on any atom is -0.475 e. The lowest BCUT2D eigenvalue weighted by molar-refractivity contribution is -0.193. The Morgan fingerprint density at radius 1 is 0.974 bits per heavy atom. The van der Waals surface area contributed by atoms with Gasteiger partial charge in [0.05, 0.1) is 5.56 Å². The van der Waals surface area contributed by atoms with Gasteiger partial charge in [-0.05, 0) is 49.1 Å². The molecule has 2 atom stereocenters. The zero-order valence-electron chi connectivity index (χ0n) is 20.6. The maximum absolute atomic E-state index is 12.8. The van der Waals surface area contributed by atoms with Gasteiger partial charge in [0, 0.05) is 50.0 Å². The SMILES string of the molecule is CCc1ccc(C(=O)N2C[C@@H]3CCN(Cc4cccnc4)[C@@H]3C2)cn1.O=C(O)C(F)(F)F.O=C(O)C(F)(F)F. The van der Waals surface area contributed by atoms with Crippen molar-refractivity contribution in [3.63, 3.8) is 0 Å². The Bertz CT molecular complexity index is 1090. The van der Waals surface area contributed by atoms with E-state index in [0.717, 1.165) is 38.3 Å². The van der Waals surface area contributed by atoms with Crippen LogP contribution in [-0.2, 0) is 22.6 Å². The molecule has 4 heterocycles. The molecule has 2 N–H and O–H groups in total. The average molecular weight is 564 g/mol. The predicted molar refractivity (Wildman–Crippen MR) is 123 cm³/mol. The molecule has 0 saturated carbocycles. The number of hydrogen-bond donors (Lipinski definition) is 2. The van der Waals surface area contributed by atoms with Crippen molar-refractivity contribution >= 4 is 17.8 Å². The molecule has 0 spiro atoms. The van der Waals surface area contributed by atoms with Crippen molar-refractivity contribution in [3.8, 4) is 0 Å². The first kappa shape index (κ1) is 31.5. The first-order valence-electron chi connectivity index (χ1n) is 11.6. The molecule has 15 heteroatoms. The lowest BCUT2D eigenvalue weighted by Crippen LogP contribution is -2.36.